The van der Waals surface area contributed by atoms with Crippen molar-refractivity contribution in [2.45, 2.75) is 19.5 Å². The fourth-order valence-corrected chi connectivity index (χ4v) is 3.14. The molecule has 0 aliphatic heterocycles. The standard InChI is InChI=1S/C22H19FN4O/c23-18-8-6-16(7-9-18)15-26-21(28)10-13-27-20(19-5-1-2-11-24-19)14-17-4-3-12-25-22(17)27/h1-9,11-12,14H,10,13,15H2,(H,26,28). The fourth-order valence-electron chi connectivity index (χ4n) is 3.14. The molecule has 4 rings (SSSR count). The molecule has 3 aromatic heterocycles. The Morgan fingerprint density at radius 3 is 2.61 bits per heavy atom. The van der Waals surface area contributed by atoms with Crippen molar-refractivity contribution in [3.8, 4) is 11.4 Å². The average Bonchev–Trinajstić information content (AvgIpc) is 3.11. The molecule has 1 N–H and O–H groups in total. The lowest BCUT2D eigenvalue weighted by atomic mass is 10.2. The summed E-state index contributed by atoms with van der Waals surface area (Å²) in [5, 5.41) is 3.89. The van der Waals surface area contributed by atoms with Gasteiger partial charge in [0.25, 0.3) is 0 Å². The number of carbonyl (C=O) groups excluding carboxylic acids is 1. The molecule has 28 heavy (non-hydrogen) atoms. The molecule has 3 heterocycles. The van der Waals surface area contributed by atoms with Crippen molar-refractivity contribution in [2.75, 3.05) is 0 Å². The Bertz CT molecular complexity index is 1090. The van der Waals surface area contributed by atoms with E-state index >= 15 is 0 Å². The summed E-state index contributed by atoms with van der Waals surface area (Å²) in [5.41, 5.74) is 3.46. The lowest BCUT2D eigenvalue weighted by molar-refractivity contribution is -0.121. The fraction of sp³-hybridized carbons (Fsp3) is 0.136. The largest absolute Gasteiger partial charge is 0.352 e. The number of hydrogen-bond donors (Lipinski definition) is 1. The summed E-state index contributed by atoms with van der Waals surface area (Å²) in [6, 6.07) is 17.8. The van der Waals surface area contributed by atoms with Gasteiger partial charge < -0.3 is 9.88 Å². The molecule has 0 radical (unpaired) electrons. The molecular formula is C22H19FN4O. The van der Waals surface area contributed by atoms with E-state index in [4.69, 9.17) is 0 Å². The van der Waals surface area contributed by atoms with Crippen LogP contribution in [0.2, 0.25) is 0 Å². The van der Waals surface area contributed by atoms with Crippen LogP contribution in [0.4, 0.5) is 4.39 Å². The van der Waals surface area contributed by atoms with E-state index < -0.39 is 0 Å². The number of hydrogen-bond acceptors (Lipinski definition) is 3. The highest BCUT2D eigenvalue weighted by Gasteiger charge is 2.13. The topological polar surface area (TPSA) is 59.8 Å². The van der Waals surface area contributed by atoms with Crippen LogP contribution in [0.5, 0.6) is 0 Å². The zero-order valence-electron chi connectivity index (χ0n) is 15.2. The first-order chi connectivity index (χ1) is 13.7. The van der Waals surface area contributed by atoms with E-state index in [1.54, 1.807) is 24.5 Å². The molecule has 0 atom stereocenters. The van der Waals surface area contributed by atoms with E-state index in [1.165, 1.54) is 12.1 Å². The first kappa shape index (κ1) is 17.9. The Hall–Kier alpha value is -3.54. The summed E-state index contributed by atoms with van der Waals surface area (Å²) in [6.45, 7) is 0.860. The highest BCUT2D eigenvalue weighted by atomic mass is 19.1. The van der Waals surface area contributed by atoms with Crippen LogP contribution in [-0.2, 0) is 17.9 Å². The Morgan fingerprint density at radius 1 is 1.00 bits per heavy atom. The number of rotatable bonds is 6. The molecule has 1 amide bonds. The number of benzene rings is 1. The van der Waals surface area contributed by atoms with Gasteiger partial charge in [-0.05, 0) is 48.0 Å². The zero-order valence-corrected chi connectivity index (χ0v) is 15.2. The smallest absolute Gasteiger partial charge is 0.222 e. The molecule has 0 unspecified atom stereocenters. The average molecular weight is 374 g/mol. The number of nitrogens with one attached hydrogen (secondary N) is 1. The minimum absolute atomic E-state index is 0.0749. The predicted octanol–water partition coefficient (Wildman–Crippen LogP) is 3.94. The van der Waals surface area contributed by atoms with E-state index in [0.29, 0.717) is 19.5 Å². The van der Waals surface area contributed by atoms with Crippen LogP contribution >= 0.6 is 0 Å². The normalized spacial score (nSPS) is 10.9. The molecular weight excluding hydrogens is 355 g/mol. The van der Waals surface area contributed by atoms with Crippen LogP contribution < -0.4 is 5.32 Å². The summed E-state index contributed by atoms with van der Waals surface area (Å²) < 4.78 is 15.0. The maximum atomic E-state index is 13.0. The third kappa shape index (κ3) is 3.91. The first-order valence-corrected chi connectivity index (χ1v) is 9.07. The van der Waals surface area contributed by atoms with Crippen molar-refractivity contribution in [1.82, 2.24) is 19.9 Å². The molecule has 0 aliphatic carbocycles. The molecule has 0 aliphatic rings. The maximum absolute atomic E-state index is 13.0. The van der Waals surface area contributed by atoms with Gasteiger partial charge in [0.2, 0.25) is 5.91 Å². The molecule has 5 nitrogen and oxygen atoms in total. The van der Waals surface area contributed by atoms with Crippen LogP contribution in [0, 0.1) is 5.82 Å². The molecule has 0 saturated carbocycles. The highest BCUT2D eigenvalue weighted by molar-refractivity contribution is 5.83. The number of carbonyl (C=O) groups is 1. The van der Waals surface area contributed by atoms with Gasteiger partial charge in [-0.2, -0.15) is 0 Å². The Labute approximate surface area is 161 Å². The van der Waals surface area contributed by atoms with Crippen LogP contribution in [0.25, 0.3) is 22.4 Å². The van der Waals surface area contributed by atoms with Crippen molar-refractivity contribution in [2.24, 2.45) is 0 Å². The molecule has 0 fully saturated rings. The molecule has 0 spiro atoms. The number of aromatic nitrogens is 3. The van der Waals surface area contributed by atoms with Gasteiger partial charge in [0, 0.05) is 37.3 Å². The quantitative estimate of drug-likeness (QED) is 0.556. The van der Waals surface area contributed by atoms with Crippen LogP contribution in [0.1, 0.15) is 12.0 Å². The van der Waals surface area contributed by atoms with E-state index in [-0.39, 0.29) is 11.7 Å². The second-order valence-corrected chi connectivity index (χ2v) is 6.47. The molecule has 6 heteroatoms. The van der Waals surface area contributed by atoms with Crippen molar-refractivity contribution in [1.29, 1.82) is 0 Å². The number of aryl methyl sites for hydroxylation is 1. The molecule has 0 saturated heterocycles. The van der Waals surface area contributed by atoms with Crippen LogP contribution in [0.15, 0.2) is 73.1 Å². The van der Waals surface area contributed by atoms with Gasteiger partial charge in [0.05, 0.1) is 11.4 Å². The van der Waals surface area contributed by atoms with E-state index in [2.05, 4.69) is 15.3 Å². The van der Waals surface area contributed by atoms with Crippen molar-refractivity contribution >= 4 is 16.9 Å². The van der Waals surface area contributed by atoms with Crippen LogP contribution in [0.3, 0.4) is 0 Å². The third-order valence-electron chi connectivity index (χ3n) is 4.55. The van der Waals surface area contributed by atoms with Gasteiger partial charge in [-0.1, -0.05) is 18.2 Å². The third-order valence-corrected chi connectivity index (χ3v) is 4.55. The number of fused-ring (bicyclic) bond motifs is 1. The molecule has 140 valence electrons. The number of amides is 1. The summed E-state index contributed by atoms with van der Waals surface area (Å²) in [7, 11) is 0. The van der Waals surface area contributed by atoms with Gasteiger partial charge in [0.1, 0.15) is 11.5 Å². The van der Waals surface area contributed by atoms with Crippen LogP contribution in [-0.4, -0.2) is 20.4 Å². The van der Waals surface area contributed by atoms with Crippen molar-refractivity contribution < 1.29 is 9.18 Å². The lowest BCUT2D eigenvalue weighted by Gasteiger charge is -2.10. The zero-order chi connectivity index (χ0) is 19.3. The highest BCUT2D eigenvalue weighted by Crippen LogP contribution is 2.25. The Balaban J connectivity index is 1.49. The van der Waals surface area contributed by atoms with Gasteiger partial charge in [0.15, 0.2) is 0 Å². The minimum atomic E-state index is -0.288. The second kappa shape index (κ2) is 8.00. The minimum Gasteiger partial charge on any atom is -0.352 e. The van der Waals surface area contributed by atoms with E-state index in [9.17, 15) is 9.18 Å². The van der Waals surface area contributed by atoms with Gasteiger partial charge in [-0.15, -0.1) is 0 Å². The summed E-state index contributed by atoms with van der Waals surface area (Å²) in [5.74, 6) is -0.363. The molecule has 0 bridgehead atoms. The van der Waals surface area contributed by atoms with Crippen molar-refractivity contribution in [3.05, 3.63) is 84.4 Å². The van der Waals surface area contributed by atoms with Gasteiger partial charge >= 0.3 is 0 Å². The second-order valence-electron chi connectivity index (χ2n) is 6.47. The van der Waals surface area contributed by atoms with Gasteiger partial charge in [-0.3, -0.25) is 9.78 Å². The summed E-state index contributed by atoms with van der Waals surface area (Å²) >= 11 is 0. The molecule has 4 aromatic rings. The SMILES string of the molecule is O=C(CCn1c(-c2ccccn2)cc2cccnc21)NCc1ccc(F)cc1. The number of pyridine rings is 2. The number of nitrogens with zero attached hydrogens (tertiary/aromatic N) is 3. The monoisotopic (exact) mass is 374 g/mol. The Kier molecular flexibility index (Phi) is 5.10. The lowest BCUT2D eigenvalue weighted by Crippen LogP contribution is -2.24. The Morgan fingerprint density at radius 2 is 1.82 bits per heavy atom. The van der Waals surface area contributed by atoms with Crippen molar-refractivity contribution in [3.63, 3.8) is 0 Å². The van der Waals surface area contributed by atoms with E-state index in [0.717, 1.165) is 28.0 Å². The number of halogens is 1. The summed E-state index contributed by atoms with van der Waals surface area (Å²) in [6.07, 6.45) is 3.80. The first-order valence-electron chi connectivity index (χ1n) is 9.07. The molecule has 1 aromatic carbocycles. The summed E-state index contributed by atoms with van der Waals surface area (Å²) in [4.78, 5) is 21.2. The van der Waals surface area contributed by atoms with E-state index in [1.807, 2.05) is 41.0 Å². The maximum Gasteiger partial charge on any atom is 0.222 e. The predicted molar refractivity (Wildman–Crippen MR) is 106 cm³/mol. The van der Waals surface area contributed by atoms with Gasteiger partial charge in [-0.25, -0.2) is 9.37 Å².